The van der Waals surface area contributed by atoms with Crippen molar-refractivity contribution in [3.63, 3.8) is 0 Å². The zero-order valence-corrected chi connectivity index (χ0v) is 20.7. The van der Waals surface area contributed by atoms with Crippen molar-refractivity contribution in [2.24, 2.45) is 5.92 Å². The molecule has 2 aromatic carbocycles. The van der Waals surface area contributed by atoms with Crippen LogP contribution >= 0.6 is 0 Å². The minimum Gasteiger partial charge on any atom is -0.469 e. The van der Waals surface area contributed by atoms with Gasteiger partial charge < -0.3 is 24.5 Å². The number of hydrogen-bond acceptors (Lipinski definition) is 9. The van der Waals surface area contributed by atoms with Crippen LogP contribution in [0.15, 0.2) is 52.9 Å². The molecular weight excluding hydrogens is 478 g/mol. The van der Waals surface area contributed by atoms with E-state index in [0.717, 1.165) is 25.7 Å². The van der Waals surface area contributed by atoms with Gasteiger partial charge in [0.1, 0.15) is 0 Å². The van der Waals surface area contributed by atoms with Crippen LogP contribution in [0.1, 0.15) is 54.3 Å². The normalized spacial score (nSPS) is 16.9. The quantitative estimate of drug-likeness (QED) is 0.355. The fourth-order valence-electron chi connectivity index (χ4n) is 4.37. The van der Waals surface area contributed by atoms with Gasteiger partial charge in [-0.1, -0.05) is 23.3 Å². The van der Waals surface area contributed by atoms with Gasteiger partial charge in [-0.05, 0) is 73.4 Å². The molecule has 11 heteroatoms. The number of aromatic nitrogens is 2. The van der Waals surface area contributed by atoms with Crippen molar-refractivity contribution in [1.82, 2.24) is 10.2 Å². The first-order valence-electron chi connectivity index (χ1n) is 12.0. The average molecular weight is 508 g/mol. The average Bonchev–Trinajstić information content (AvgIpc) is 3.38. The number of benzene rings is 2. The SMILES string of the molecule is COC(=O)CC1CCC(c2ccc(NC(=O)c3nnc(Nc4cccc(NC(=O)OC)c4)o3)cc2)CC1. The van der Waals surface area contributed by atoms with E-state index in [9.17, 15) is 14.4 Å². The van der Waals surface area contributed by atoms with Gasteiger partial charge in [0, 0.05) is 23.5 Å². The molecular formula is C26H29N5O6. The molecule has 1 fully saturated rings. The Labute approximate surface area is 213 Å². The molecule has 3 aromatic rings. The smallest absolute Gasteiger partial charge is 0.411 e. The van der Waals surface area contributed by atoms with E-state index in [4.69, 9.17) is 9.15 Å². The molecule has 4 rings (SSSR count). The van der Waals surface area contributed by atoms with Gasteiger partial charge in [-0.2, -0.15) is 0 Å². The molecule has 37 heavy (non-hydrogen) atoms. The third kappa shape index (κ3) is 7.06. The predicted molar refractivity (Wildman–Crippen MR) is 136 cm³/mol. The first-order chi connectivity index (χ1) is 17.9. The topological polar surface area (TPSA) is 145 Å². The molecule has 0 spiro atoms. The van der Waals surface area contributed by atoms with Crippen molar-refractivity contribution < 1.29 is 28.3 Å². The molecule has 11 nitrogen and oxygen atoms in total. The summed E-state index contributed by atoms with van der Waals surface area (Å²) >= 11 is 0. The van der Waals surface area contributed by atoms with Crippen LogP contribution in [-0.4, -0.2) is 42.4 Å². The minimum absolute atomic E-state index is 0.0264. The van der Waals surface area contributed by atoms with Crippen LogP contribution in [0, 0.1) is 5.92 Å². The zero-order valence-electron chi connectivity index (χ0n) is 20.7. The molecule has 1 aliphatic carbocycles. The molecule has 0 aliphatic heterocycles. The Morgan fingerprint density at radius 3 is 2.32 bits per heavy atom. The first kappa shape index (κ1) is 25.7. The highest BCUT2D eigenvalue weighted by Gasteiger charge is 2.24. The van der Waals surface area contributed by atoms with Crippen LogP contribution in [0.4, 0.5) is 27.9 Å². The molecule has 2 amide bonds. The van der Waals surface area contributed by atoms with Crippen LogP contribution in [0.25, 0.3) is 0 Å². The molecule has 194 valence electrons. The number of carbonyl (C=O) groups is 3. The summed E-state index contributed by atoms with van der Waals surface area (Å²) in [5.74, 6) is -0.0482. The van der Waals surface area contributed by atoms with Crippen molar-refractivity contribution in [2.75, 3.05) is 30.2 Å². The van der Waals surface area contributed by atoms with Gasteiger partial charge in [-0.25, -0.2) is 4.79 Å². The summed E-state index contributed by atoms with van der Waals surface area (Å²) in [7, 11) is 2.70. The number of nitrogens with zero attached hydrogens (tertiary/aromatic N) is 2. The van der Waals surface area contributed by atoms with E-state index in [0.29, 0.717) is 35.3 Å². The Hall–Kier alpha value is -4.41. The number of nitrogens with one attached hydrogen (secondary N) is 3. The Balaban J connectivity index is 1.29. The molecule has 0 unspecified atom stereocenters. The van der Waals surface area contributed by atoms with E-state index in [2.05, 4.69) is 30.9 Å². The van der Waals surface area contributed by atoms with Gasteiger partial charge in [-0.15, -0.1) is 5.10 Å². The highest BCUT2D eigenvalue weighted by atomic mass is 16.5. The van der Waals surface area contributed by atoms with Gasteiger partial charge in [-0.3, -0.25) is 14.9 Å². The highest BCUT2D eigenvalue weighted by Crippen LogP contribution is 2.37. The summed E-state index contributed by atoms with van der Waals surface area (Å²) in [4.78, 5) is 35.5. The Morgan fingerprint density at radius 1 is 0.892 bits per heavy atom. The molecule has 0 bridgehead atoms. The lowest BCUT2D eigenvalue weighted by Crippen LogP contribution is -2.17. The number of carbonyl (C=O) groups excluding carboxylic acids is 3. The molecule has 0 atom stereocenters. The number of methoxy groups -OCH3 is 2. The maximum Gasteiger partial charge on any atom is 0.411 e. The fourth-order valence-corrected chi connectivity index (χ4v) is 4.37. The minimum atomic E-state index is -0.593. The van der Waals surface area contributed by atoms with E-state index in [-0.39, 0.29) is 17.9 Å². The number of esters is 1. The first-order valence-corrected chi connectivity index (χ1v) is 12.0. The molecule has 0 radical (unpaired) electrons. The van der Waals surface area contributed by atoms with E-state index in [1.54, 1.807) is 24.3 Å². The van der Waals surface area contributed by atoms with E-state index < -0.39 is 12.0 Å². The van der Waals surface area contributed by atoms with Crippen LogP contribution in [-0.2, 0) is 14.3 Å². The summed E-state index contributed by atoms with van der Waals surface area (Å²) in [6, 6.07) is 14.5. The summed E-state index contributed by atoms with van der Waals surface area (Å²) in [6.07, 6.45) is 3.93. The number of ether oxygens (including phenoxy) is 2. The van der Waals surface area contributed by atoms with E-state index >= 15 is 0 Å². The Kier molecular flexibility index (Phi) is 8.34. The van der Waals surface area contributed by atoms with Crippen molar-refractivity contribution >= 4 is 41.0 Å². The van der Waals surface area contributed by atoms with Crippen molar-refractivity contribution in [3.8, 4) is 0 Å². The summed E-state index contributed by atoms with van der Waals surface area (Å²) in [6.45, 7) is 0. The lowest BCUT2D eigenvalue weighted by molar-refractivity contribution is -0.142. The lowest BCUT2D eigenvalue weighted by atomic mass is 9.77. The number of rotatable bonds is 8. The number of anilines is 4. The highest BCUT2D eigenvalue weighted by molar-refractivity contribution is 6.00. The fraction of sp³-hybridized carbons (Fsp3) is 0.346. The van der Waals surface area contributed by atoms with Crippen molar-refractivity contribution in [2.45, 2.75) is 38.0 Å². The third-order valence-corrected chi connectivity index (χ3v) is 6.33. The van der Waals surface area contributed by atoms with Gasteiger partial charge in [0.2, 0.25) is 0 Å². The predicted octanol–water partition coefficient (Wildman–Crippen LogP) is 5.08. The van der Waals surface area contributed by atoms with E-state index in [1.807, 2.05) is 24.3 Å². The second-order valence-corrected chi connectivity index (χ2v) is 8.81. The summed E-state index contributed by atoms with van der Waals surface area (Å²) in [5, 5.41) is 15.9. The van der Waals surface area contributed by atoms with Crippen LogP contribution in [0.5, 0.6) is 0 Å². The standard InChI is InChI=1S/C26H29N5O6/c1-35-22(32)14-16-6-8-17(9-7-16)18-10-12-19(13-11-18)27-23(33)24-30-31-25(37-24)28-20-4-3-5-21(15-20)29-26(34)36-2/h3-5,10-13,15-17H,6-9,14H2,1-2H3,(H,27,33)(H,28,31)(H,29,34). The lowest BCUT2D eigenvalue weighted by Gasteiger charge is -2.28. The second kappa shape index (κ2) is 12.0. The van der Waals surface area contributed by atoms with Crippen molar-refractivity contribution in [3.05, 3.63) is 60.0 Å². The largest absolute Gasteiger partial charge is 0.469 e. The van der Waals surface area contributed by atoms with Crippen LogP contribution in [0.3, 0.4) is 0 Å². The van der Waals surface area contributed by atoms with Gasteiger partial charge in [0.05, 0.1) is 14.2 Å². The molecule has 1 aliphatic rings. The molecule has 1 heterocycles. The number of amides is 2. The maximum atomic E-state index is 12.6. The number of hydrogen-bond donors (Lipinski definition) is 3. The second-order valence-electron chi connectivity index (χ2n) is 8.81. The van der Waals surface area contributed by atoms with Gasteiger partial charge in [0.15, 0.2) is 0 Å². The third-order valence-electron chi connectivity index (χ3n) is 6.33. The monoisotopic (exact) mass is 507 g/mol. The Bertz CT molecular complexity index is 1230. The summed E-state index contributed by atoms with van der Waals surface area (Å²) in [5.41, 5.74) is 2.90. The maximum absolute atomic E-state index is 12.6. The molecule has 3 N–H and O–H groups in total. The van der Waals surface area contributed by atoms with Gasteiger partial charge >= 0.3 is 29.9 Å². The van der Waals surface area contributed by atoms with Crippen LogP contribution in [0.2, 0.25) is 0 Å². The zero-order chi connectivity index (χ0) is 26.2. The molecule has 1 aromatic heterocycles. The van der Waals surface area contributed by atoms with Crippen molar-refractivity contribution in [1.29, 1.82) is 0 Å². The molecule has 1 saturated carbocycles. The molecule has 0 saturated heterocycles. The van der Waals surface area contributed by atoms with Gasteiger partial charge in [0.25, 0.3) is 0 Å². The van der Waals surface area contributed by atoms with Crippen LogP contribution < -0.4 is 16.0 Å². The van der Waals surface area contributed by atoms with E-state index in [1.165, 1.54) is 19.8 Å². The Morgan fingerprint density at radius 2 is 1.62 bits per heavy atom. The summed E-state index contributed by atoms with van der Waals surface area (Å²) < 4.78 is 14.8.